The Morgan fingerprint density at radius 1 is 1.62 bits per heavy atom. The number of carbonyl (C=O) groups excluding carboxylic acids is 1. The highest BCUT2D eigenvalue weighted by Gasteiger charge is 2.20. The van der Waals surface area contributed by atoms with Crippen molar-refractivity contribution in [2.75, 3.05) is 19.8 Å². The largest absolute Gasteiger partial charge is 0.378 e. The van der Waals surface area contributed by atoms with E-state index in [2.05, 4.69) is 10.3 Å². The molecule has 1 atom stereocenters. The number of hydrogen-bond donors (Lipinski definition) is 1. The van der Waals surface area contributed by atoms with Crippen molar-refractivity contribution in [2.45, 2.75) is 26.3 Å². The van der Waals surface area contributed by atoms with Crippen LogP contribution in [0.25, 0.3) is 0 Å². The summed E-state index contributed by atoms with van der Waals surface area (Å²) in [5, 5.41) is 4.23. The topological polar surface area (TPSA) is 51.2 Å². The number of nitrogens with one attached hydrogen (secondary N) is 1. The lowest BCUT2D eigenvalue weighted by Gasteiger charge is -2.22. The summed E-state index contributed by atoms with van der Waals surface area (Å²) in [5.74, 6) is 0.116. The maximum Gasteiger partial charge on any atom is 0.183 e. The van der Waals surface area contributed by atoms with Gasteiger partial charge in [-0.1, -0.05) is 0 Å². The predicted octanol–water partition coefficient (Wildman–Crippen LogP) is 1.32. The van der Waals surface area contributed by atoms with Crippen molar-refractivity contribution in [1.29, 1.82) is 0 Å². The summed E-state index contributed by atoms with van der Waals surface area (Å²) in [7, 11) is 0. The molecule has 1 aliphatic heterocycles. The summed E-state index contributed by atoms with van der Waals surface area (Å²) in [5.41, 5.74) is 0.634. The molecule has 2 rings (SSSR count). The average molecular weight is 240 g/mol. The minimum Gasteiger partial charge on any atom is -0.378 e. The Morgan fingerprint density at radius 2 is 2.44 bits per heavy atom. The van der Waals surface area contributed by atoms with E-state index in [1.807, 2.05) is 13.8 Å². The summed E-state index contributed by atoms with van der Waals surface area (Å²) < 4.78 is 5.32. The highest BCUT2D eigenvalue weighted by atomic mass is 32.1. The number of morpholine rings is 1. The number of carbonyl (C=O) groups is 1. The second kappa shape index (κ2) is 5.03. The quantitative estimate of drug-likeness (QED) is 0.810. The van der Waals surface area contributed by atoms with Crippen molar-refractivity contribution in [3.63, 3.8) is 0 Å². The molecular formula is C11H16N2O2S. The van der Waals surface area contributed by atoms with Gasteiger partial charge >= 0.3 is 0 Å². The molecule has 1 aliphatic rings. The van der Waals surface area contributed by atoms with Crippen LogP contribution in [0, 0.1) is 13.8 Å². The summed E-state index contributed by atoms with van der Waals surface area (Å²) in [6.45, 7) is 6.06. The standard InChI is InChI=1S/C11H16N2O2S/c1-7-11(13-8(2)16-7)10(14)5-9-6-15-4-3-12-9/h9,12H,3-6H2,1-2H3. The van der Waals surface area contributed by atoms with Crippen molar-refractivity contribution in [3.05, 3.63) is 15.6 Å². The third-order valence-corrected chi connectivity index (χ3v) is 3.48. The summed E-state index contributed by atoms with van der Waals surface area (Å²) in [6, 6.07) is 0.141. The maximum absolute atomic E-state index is 12.0. The third kappa shape index (κ3) is 2.66. The van der Waals surface area contributed by atoms with Gasteiger partial charge in [0.1, 0.15) is 5.69 Å². The lowest BCUT2D eigenvalue weighted by Crippen LogP contribution is -2.42. The van der Waals surface area contributed by atoms with E-state index in [0.717, 1.165) is 23.0 Å². The van der Waals surface area contributed by atoms with Crippen LogP contribution in [0.1, 0.15) is 26.8 Å². The number of ether oxygens (including phenoxy) is 1. The summed E-state index contributed by atoms with van der Waals surface area (Å²) >= 11 is 1.58. The van der Waals surface area contributed by atoms with Gasteiger partial charge in [-0.3, -0.25) is 4.79 Å². The first kappa shape index (κ1) is 11.7. The molecular weight excluding hydrogens is 224 g/mol. The van der Waals surface area contributed by atoms with Gasteiger partial charge in [0, 0.05) is 23.9 Å². The number of Topliss-reactive ketones (excluding diaryl/α,β-unsaturated/α-hetero) is 1. The normalized spacial score (nSPS) is 21.0. The number of aryl methyl sites for hydroxylation is 2. The lowest BCUT2D eigenvalue weighted by molar-refractivity contribution is 0.0674. The zero-order chi connectivity index (χ0) is 11.5. The van der Waals surface area contributed by atoms with Crippen LogP contribution in [0.5, 0.6) is 0 Å². The minimum absolute atomic E-state index is 0.116. The molecule has 16 heavy (non-hydrogen) atoms. The molecule has 0 aliphatic carbocycles. The van der Waals surface area contributed by atoms with Crippen LogP contribution in [0.3, 0.4) is 0 Å². The fourth-order valence-electron chi connectivity index (χ4n) is 1.86. The van der Waals surface area contributed by atoms with Gasteiger partial charge in [-0.25, -0.2) is 4.98 Å². The molecule has 1 fully saturated rings. The van der Waals surface area contributed by atoms with E-state index in [1.54, 1.807) is 11.3 Å². The van der Waals surface area contributed by atoms with Crippen LogP contribution >= 0.6 is 11.3 Å². The van der Waals surface area contributed by atoms with Crippen molar-refractivity contribution >= 4 is 17.1 Å². The molecule has 4 nitrogen and oxygen atoms in total. The Bertz CT molecular complexity index is 383. The number of aromatic nitrogens is 1. The molecule has 1 saturated heterocycles. The SMILES string of the molecule is Cc1nc(C(=O)CC2COCCN2)c(C)s1. The molecule has 5 heteroatoms. The van der Waals surface area contributed by atoms with E-state index in [4.69, 9.17) is 4.74 Å². The molecule has 1 aromatic heterocycles. The second-order valence-electron chi connectivity index (χ2n) is 3.99. The van der Waals surface area contributed by atoms with E-state index in [1.165, 1.54) is 0 Å². The average Bonchev–Trinajstić information content (AvgIpc) is 2.59. The Morgan fingerprint density at radius 3 is 3.00 bits per heavy atom. The third-order valence-electron chi connectivity index (χ3n) is 2.60. The van der Waals surface area contributed by atoms with Gasteiger partial charge in [-0.2, -0.15) is 0 Å². The highest BCUT2D eigenvalue weighted by molar-refractivity contribution is 7.11. The van der Waals surface area contributed by atoms with Crippen molar-refractivity contribution in [2.24, 2.45) is 0 Å². The number of rotatable bonds is 3. The van der Waals surface area contributed by atoms with Gasteiger partial charge in [0.05, 0.1) is 18.2 Å². The second-order valence-corrected chi connectivity index (χ2v) is 5.40. The smallest absolute Gasteiger partial charge is 0.183 e. The van der Waals surface area contributed by atoms with E-state index in [9.17, 15) is 4.79 Å². The molecule has 2 heterocycles. The van der Waals surface area contributed by atoms with E-state index >= 15 is 0 Å². The van der Waals surface area contributed by atoms with Crippen LogP contribution in [0.4, 0.5) is 0 Å². The molecule has 0 aromatic carbocycles. The molecule has 88 valence electrons. The molecule has 0 saturated carbocycles. The highest BCUT2D eigenvalue weighted by Crippen LogP contribution is 2.18. The lowest BCUT2D eigenvalue weighted by atomic mass is 10.1. The Labute approximate surface area is 99.0 Å². The molecule has 1 unspecified atom stereocenters. The number of hydrogen-bond acceptors (Lipinski definition) is 5. The van der Waals surface area contributed by atoms with Gasteiger partial charge in [-0.15, -0.1) is 11.3 Å². The van der Waals surface area contributed by atoms with Crippen LogP contribution in [-0.4, -0.2) is 36.6 Å². The van der Waals surface area contributed by atoms with Gasteiger partial charge in [0.15, 0.2) is 5.78 Å². The zero-order valence-corrected chi connectivity index (χ0v) is 10.4. The summed E-state index contributed by atoms with van der Waals surface area (Å²) in [6.07, 6.45) is 0.476. The van der Waals surface area contributed by atoms with Crippen LogP contribution < -0.4 is 5.32 Å². The molecule has 0 spiro atoms. The zero-order valence-electron chi connectivity index (χ0n) is 9.58. The fraction of sp³-hybridized carbons (Fsp3) is 0.636. The number of ketones is 1. The molecule has 0 radical (unpaired) electrons. The van der Waals surface area contributed by atoms with Crippen molar-refractivity contribution < 1.29 is 9.53 Å². The Hall–Kier alpha value is -0.780. The fourth-order valence-corrected chi connectivity index (χ4v) is 2.70. The van der Waals surface area contributed by atoms with E-state index < -0.39 is 0 Å². The minimum atomic E-state index is 0.116. The van der Waals surface area contributed by atoms with E-state index in [-0.39, 0.29) is 11.8 Å². The first-order valence-corrected chi connectivity index (χ1v) is 6.27. The molecule has 1 N–H and O–H groups in total. The van der Waals surface area contributed by atoms with Crippen LogP contribution in [0.2, 0.25) is 0 Å². The van der Waals surface area contributed by atoms with Gasteiger partial charge in [-0.05, 0) is 13.8 Å². The maximum atomic E-state index is 12.0. The van der Waals surface area contributed by atoms with Crippen LogP contribution in [0.15, 0.2) is 0 Å². The van der Waals surface area contributed by atoms with Crippen molar-refractivity contribution in [3.8, 4) is 0 Å². The first-order chi connectivity index (χ1) is 7.66. The molecule has 0 amide bonds. The summed E-state index contributed by atoms with van der Waals surface area (Å²) in [4.78, 5) is 17.3. The van der Waals surface area contributed by atoms with Gasteiger partial charge in [0.25, 0.3) is 0 Å². The number of thiazole rings is 1. The van der Waals surface area contributed by atoms with E-state index in [0.29, 0.717) is 18.7 Å². The predicted molar refractivity (Wildman–Crippen MR) is 63.1 cm³/mol. The molecule has 0 bridgehead atoms. The van der Waals surface area contributed by atoms with Crippen molar-refractivity contribution in [1.82, 2.24) is 10.3 Å². The monoisotopic (exact) mass is 240 g/mol. The number of nitrogens with zero attached hydrogens (tertiary/aromatic N) is 1. The Balaban J connectivity index is 1.99. The Kier molecular flexibility index (Phi) is 3.68. The van der Waals surface area contributed by atoms with Gasteiger partial charge < -0.3 is 10.1 Å². The molecule has 1 aromatic rings. The van der Waals surface area contributed by atoms with Gasteiger partial charge in [0.2, 0.25) is 0 Å². The van der Waals surface area contributed by atoms with Crippen LogP contribution in [-0.2, 0) is 4.74 Å². The first-order valence-electron chi connectivity index (χ1n) is 5.45.